The number of rotatable bonds is 4. The molecule has 1 amide bonds. The van der Waals surface area contributed by atoms with E-state index in [0.29, 0.717) is 12.1 Å². The van der Waals surface area contributed by atoms with E-state index in [1.807, 2.05) is 30.3 Å². The van der Waals surface area contributed by atoms with Crippen LogP contribution in [0.2, 0.25) is 4.34 Å². The van der Waals surface area contributed by atoms with Crippen LogP contribution in [0.15, 0.2) is 34.8 Å². The number of amides is 1. The maximum absolute atomic E-state index is 12.0. The molecule has 0 aliphatic rings. The fourth-order valence-electron chi connectivity index (χ4n) is 1.55. The lowest BCUT2D eigenvalue weighted by molar-refractivity contribution is 0.0953. The van der Waals surface area contributed by atoms with E-state index in [1.54, 1.807) is 11.3 Å². The monoisotopic (exact) mass is 469 g/mol. The molecule has 0 atom stereocenters. The largest absolute Gasteiger partial charge is 0.352 e. The van der Waals surface area contributed by atoms with Gasteiger partial charge in [0.15, 0.2) is 0 Å². The third kappa shape index (κ3) is 4.44. The average Bonchev–Trinajstić information content (AvgIpc) is 2.78. The van der Waals surface area contributed by atoms with Crippen molar-refractivity contribution >= 4 is 67.4 Å². The third-order valence-corrected chi connectivity index (χ3v) is 5.11. The van der Waals surface area contributed by atoms with Crippen molar-refractivity contribution < 1.29 is 4.79 Å². The molecular weight excluding hydrogens is 460 g/mol. The highest BCUT2D eigenvalue weighted by Gasteiger charge is 2.10. The number of carbonyl (C=O) groups is 1. The molecule has 0 saturated carbocycles. The molecule has 2 nitrogen and oxygen atoms in total. The molecule has 100 valence electrons. The van der Waals surface area contributed by atoms with Gasteiger partial charge in [0.25, 0.3) is 5.91 Å². The molecule has 0 aliphatic carbocycles. The molecule has 0 bridgehead atoms. The molecule has 2 aromatic rings. The number of hydrogen-bond donors (Lipinski definition) is 1. The van der Waals surface area contributed by atoms with Crippen molar-refractivity contribution in [3.05, 3.63) is 53.2 Å². The first-order valence-electron chi connectivity index (χ1n) is 5.54. The second-order valence-electron chi connectivity index (χ2n) is 3.84. The Bertz CT molecular complexity index is 602. The first kappa shape index (κ1) is 15.3. The van der Waals surface area contributed by atoms with Gasteiger partial charge in [-0.05, 0) is 75.3 Å². The van der Waals surface area contributed by atoms with Crippen LogP contribution in [-0.2, 0) is 6.42 Å². The van der Waals surface area contributed by atoms with Gasteiger partial charge in [0.05, 0.1) is 9.90 Å². The first-order chi connectivity index (χ1) is 9.06. The van der Waals surface area contributed by atoms with Gasteiger partial charge in [0, 0.05) is 19.5 Å². The van der Waals surface area contributed by atoms with Crippen LogP contribution in [0.5, 0.6) is 0 Å². The lowest BCUT2D eigenvalue weighted by atomic mass is 10.2. The fourth-order valence-corrected chi connectivity index (χ4v) is 3.56. The summed E-state index contributed by atoms with van der Waals surface area (Å²) >= 11 is 13.0. The Balaban J connectivity index is 1.92. The minimum Gasteiger partial charge on any atom is -0.352 e. The average molecular weight is 471 g/mol. The van der Waals surface area contributed by atoms with Crippen molar-refractivity contribution in [2.45, 2.75) is 6.42 Å². The number of hydrogen-bond acceptors (Lipinski definition) is 2. The van der Waals surface area contributed by atoms with Gasteiger partial charge in [-0.3, -0.25) is 4.79 Å². The van der Waals surface area contributed by atoms with E-state index in [2.05, 4.69) is 43.8 Å². The predicted octanol–water partition coefficient (Wildman–Crippen LogP) is 4.74. The van der Waals surface area contributed by atoms with Gasteiger partial charge in [-0.15, -0.1) is 11.3 Å². The SMILES string of the molecule is O=C(NCCc1ccc(Cl)s1)c1cc(I)ccc1Br. The summed E-state index contributed by atoms with van der Waals surface area (Å²) < 4.78 is 2.63. The Morgan fingerprint density at radius 1 is 1.37 bits per heavy atom. The van der Waals surface area contributed by atoms with Gasteiger partial charge in [0.2, 0.25) is 0 Å². The maximum atomic E-state index is 12.0. The van der Waals surface area contributed by atoms with E-state index in [4.69, 9.17) is 11.6 Å². The highest BCUT2D eigenvalue weighted by molar-refractivity contribution is 14.1. The summed E-state index contributed by atoms with van der Waals surface area (Å²) in [5.41, 5.74) is 0.663. The Morgan fingerprint density at radius 3 is 2.84 bits per heavy atom. The topological polar surface area (TPSA) is 29.1 Å². The summed E-state index contributed by atoms with van der Waals surface area (Å²) in [4.78, 5) is 13.2. The quantitative estimate of drug-likeness (QED) is 0.643. The summed E-state index contributed by atoms with van der Waals surface area (Å²) in [5, 5.41) is 2.92. The normalized spacial score (nSPS) is 10.5. The van der Waals surface area contributed by atoms with Crippen LogP contribution in [0.3, 0.4) is 0 Å². The van der Waals surface area contributed by atoms with E-state index < -0.39 is 0 Å². The van der Waals surface area contributed by atoms with Crippen molar-refractivity contribution in [1.29, 1.82) is 0 Å². The second kappa shape index (κ2) is 7.06. The zero-order chi connectivity index (χ0) is 13.8. The first-order valence-corrected chi connectivity index (χ1v) is 8.60. The number of halogens is 3. The Kier molecular flexibility index (Phi) is 5.68. The summed E-state index contributed by atoms with van der Waals surface area (Å²) in [6.45, 7) is 0.605. The van der Waals surface area contributed by atoms with Crippen LogP contribution in [0.4, 0.5) is 0 Å². The Labute approximate surface area is 142 Å². The van der Waals surface area contributed by atoms with Crippen molar-refractivity contribution in [2.75, 3.05) is 6.54 Å². The molecule has 1 aromatic carbocycles. The second-order valence-corrected chi connectivity index (χ2v) is 7.74. The molecule has 2 rings (SSSR count). The van der Waals surface area contributed by atoms with Crippen LogP contribution in [0, 0.1) is 3.57 Å². The zero-order valence-electron chi connectivity index (χ0n) is 9.75. The fraction of sp³-hybridized carbons (Fsp3) is 0.154. The molecule has 0 saturated heterocycles. The molecular formula is C13H10BrClINOS. The van der Waals surface area contributed by atoms with Gasteiger partial charge >= 0.3 is 0 Å². The van der Waals surface area contributed by atoms with Crippen molar-refractivity contribution in [3.8, 4) is 0 Å². The van der Waals surface area contributed by atoms with Gasteiger partial charge in [-0.2, -0.15) is 0 Å². The van der Waals surface area contributed by atoms with Crippen LogP contribution < -0.4 is 5.32 Å². The molecule has 0 fully saturated rings. The van der Waals surface area contributed by atoms with Crippen molar-refractivity contribution in [3.63, 3.8) is 0 Å². The molecule has 1 heterocycles. The van der Waals surface area contributed by atoms with Gasteiger partial charge in [-0.25, -0.2) is 0 Å². The molecule has 6 heteroatoms. The van der Waals surface area contributed by atoms with Crippen LogP contribution in [0.25, 0.3) is 0 Å². The third-order valence-electron chi connectivity index (χ3n) is 2.46. The molecule has 1 N–H and O–H groups in total. The summed E-state index contributed by atoms with van der Waals surface area (Å²) in [6, 6.07) is 9.56. The van der Waals surface area contributed by atoms with Gasteiger partial charge in [-0.1, -0.05) is 11.6 Å². The van der Waals surface area contributed by atoms with Crippen molar-refractivity contribution in [2.24, 2.45) is 0 Å². The van der Waals surface area contributed by atoms with Crippen LogP contribution in [-0.4, -0.2) is 12.5 Å². The highest BCUT2D eigenvalue weighted by Crippen LogP contribution is 2.22. The highest BCUT2D eigenvalue weighted by atomic mass is 127. The summed E-state index contributed by atoms with van der Waals surface area (Å²) in [7, 11) is 0. The Morgan fingerprint density at radius 2 is 2.16 bits per heavy atom. The number of carbonyl (C=O) groups excluding carboxylic acids is 1. The number of benzene rings is 1. The summed E-state index contributed by atoms with van der Waals surface area (Å²) in [6.07, 6.45) is 0.796. The molecule has 0 spiro atoms. The van der Waals surface area contributed by atoms with E-state index in [0.717, 1.165) is 18.8 Å². The minimum absolute atomic E-state index is 0.0620. The molecule has 0 unspecified atom stereocenters. The lowest BCUT2D eigenvalue weighted by Crippen LogP contribution is -2.25. The van der Waals surface area contributed by atoms with Gasteiger partial charge < -0.3 is 5.32 Å². The van der Waals surface area contributed by atoms with E-state index >= 15 is 0 Å². The smallest absolute Gasteiger partial charge is 0.252 e. The zero-order valence-corrected chi connectivity index (χ0v) is 15.1. The minimum atomic E-state index is -0.0620. The molecule has 1 aromatic heterocycles. The van der Waals surface area contributed by atoms with Crippen LogP contribution >= 0.6 is 61.5 Å². The molecule has 0 radical (unpaired) electrons. The van der Waals surface area contributed by atoms with Gasteiger partial charge in [0.1, 0.15) is 0 Å². The van der Waals surface area contributed by atoms with Crippen LogP contribution in [0.1, 0.15) is 15.2 Å². The Hall–Kier alpha value is -0.110. The summed E-state index contributed by atoms with van der Waals surface area (Å²) in [5.74, 6) is -0.0620. The molecule has 0 aliphatic heterocycles. The number of nitrogens with one attached hydrogen (secondary N) is 1. The van der Waals surface area contributed by atoms with E-state index in [1.165, 1.54) is 4.88 Å². The standard InChI is InChI=1S/C13H10BrClINOS/c14-11-3-1-8(16)7-10(11)13(18)17-6-5-9-2-4-12(15)19-9/h1-4,7H,5-6H2,(H,17,18). The maximum Gasteiger partial charge on any atom is 0.252 e. The predicted molar refractivity (Wildman–Crippen MR) is 92.2 cm³/mol. The lowest BCUT2D eigenvalue weighted by Gasteiger charge is -2.06. The molecule has 19 heavy (non-hydrogen) atoms. The van der Waals surface area contributed by atoms with Crippen molar-refractivity contribution in [1.82, 2.24) is 5.32 Å². The van der Waals surface area contributed by atoms with E-state index in [9.17, 15) is 4.79 Å². The van der Waals surface area contributed by atoms with E-state index in [-0.39, 0.29) is 5.91 Å². The number of thiophene rings is 1.